The molecule has 0 radical (unpaired) electrons. The summed E-state index contributed by atoms with van der Waals surface area (Å²) < 4.78 is 6.29. The Balaban J connectivity index is 0.000000289. The molecule has 2 fully saturated rings. The molecule has 44 heavy (non-hydrogen) atoms. The lowest BCUT2D eigenvalue weighted by Crippen LogP contribution is -2.57. The molecule has 1 amide bonds. The minimum absolute atomic E-state index is 0.118. The predicted molar refractivity (Wildman–Crippen MR) is 157 cm³/mol. The molecule has 238 valence electrons. The van der Waals surface area contributed by atoms with E-state index in [-0.39, 0.29) is 23.5 Å². The van der Waals surface area contributed by atoms with E-state index in [0.717, 1.165) is 31.5 Å². The minimum atomic E-state index is -2.74. The van der Waals surface area contributed by atoms with E-state index >= 15 is 0 Å². The molecule has 0 aliphatic carbocycles. The van der Waals surface area contributed by atoms with Crippen LogP contribution in [0.5, 0.6) is 0 Å². The summed E-state index contributed by atoms with van der Waals surface area (Å²) in [6, 6.07) is 16.3. The quantitative estimate of drug-likeness (QED) is 0.258. The van der Waals surface area contributed by atoms with Gasteiger partial charge < -0.3 is 40.1 Å². The molecular formula is C31H37ClN2O10. The maximum absolute atomic E-state index is 13.2. The number of nitrogens with zero attached hydrogens (tertiary/aromatic N) is 2. The molecule has 5 N–H and O–H groups in total. The molecule has 1 spiro atoms. The van der Waals surface area contributed by atoms with Crippen molar-refractivity contribution in [3.63, 3.8) is 0 Å². The van der Waals surface area contributed by atoms with E-state index in [2.05, 4.69) is 29.2 Å². The van der Waals surface area contributed by atoms with Crippen LogP contribution in [0, 0.1) is 5.92 Å². The molecule has 1 unspecified atom stereocenters. The van der Waals surface area contributed by atoms with Crippen LogP contribution in [0.4, 0.5) is 0 Å². The minimum Gasteiger partial charge on any atom is -0.481 e. The third-order valence-electron chi connectivity index (χ3n) is 8.39. The molecule has 0 bridgehead atoms. The van der Waals surface area contributed by atoms with Crippen LogP contribution in [0.3, 0.4) is 0 Å². The van der Waals surface area contributed by atoms with Crippen LogP contribution >= 0.6 is 11.6 Å². The van der Waals surface area contributed by atoms with E-state index in [9.17, 15) is 24.3 Å². The number of benzene rings is 2. The summed E-state index contributed by atoms with van der Waals surface area (Å²) in [6.45, 7) is 4.08. The number of fused-ring (bicyclic) bond motifs is 2. The summed E-state index contributed by atoms with van der Waals surface area (Å²) in [6.07, 6.45) is -0.173. The van der Waals surface area contributed by atoms with Crippen LogP contribution in [-0.2, 0) is 42.5 Å². The number of aliphatic carboxylic acids is 3. The first-order chi connectivity index (χ1) is 20.8. The summed E-state index contributed by atoms with van der Waals surface area (Å²) in [5.41, 5.74) is 0.742. The predicted octanol–water partition coefficient (Wildman–Crippen LogP) is 1.97. The molecule has 1 atom stereocenters. The van der Waals surface area contributed by atoms with Gasteiger partial charge in [0.05, 0.1) is 37.1 Å². The van der Waals surface area contributed by atoms with Crippen molar-refractivity contribution in [2.75, 3.05) is 32.7 Å². The number of β-amino-alcohol motifs (C(OH)–C–C–N with tert-alkyl or cyclic N) is 1. The highest BCUT2D eigenvalue weighted by Crippen LogP contribution is 2.44. The number of carboxylic acid groups (broad SMARTS) is 3. The van der Waals surface area contributed by atoms with Crippen LogP contribution in [-0.4, -0.2) is 104 Å². The fourth-order valence-corrected chi connectivity index (χ4v) is 6.19. The molecule has 3 heterocycles. The lowest BCUT2D eigenvalue weighted by Gasteiger charge is -2.42. The number of piperidine rings is 1. The van der Waals surface area contributed by atoms with Crippen molar-refractivity contribution >= 4 is 35.4 Å². The van der Waals surface area contributed by atoms with Gasteiger partial charge in [-0.3, -0.25) is 14.4 Å². The first kappa shape index (κ1) is 33.3. The second-order valence-corrected chi connectivity index (χ2v) is 12.0. The molecule has 12 nitrogen and oxygen atoms in total. The van der Waals surface area contributed by atoms with Crippen LogP contribution in [0.25, 0.3) is 0 Å². The molecule has 3 aliphatic heterocycles. The Kier molecular flexibility index (Phi) is 10.6. The average molecular weight is 633 g/mol. The van der Waals surface area contributed by atoms with Crippen LogP contribution in [0.15, 0.2) is 48.5 Å². The molecule has 2 saturated heterocycles. The van der Waals surface area contributed by atoms with E-state index in [1.54, 1.807) is 4.90 Å². The van der Waals surface area contributed by atoms with Gasteiger partial charge in [0.1, 0.15) is 0 Å². The third kappa shape index (κ3) is 7.93. The number of aliphatic hydroxyl groups excluding tert-OH is 1. The Hall–Kier alpha value is -3.55. The van der Waals surface area contributed by atoms with Gasteiger partial charge in [-0.05, 0) is 42.0 Å². The summed E-state index contributed by atoms with van der Waals surface area (Å²) >= 11 is 6.40. The number of likely N-dealkylation sites (tertiary alicyclic amines) is 2. The molecule has 13 heteroatoms. The molecular weight excluding hydrogens is 596 g/mol. The maximum Gasteiger partial charge on any atom is 0.336 e. The SMILES string of the molecule is O=C(C(Cc1ccccc1Cl)CN1CCC2(CC1)OCc1ccccc12)N1CC(O)C1.O=C(O)CC(O)(CC(=O)O)C(=O)O. The van der Waals surface area contributed by atoms with Crippen molar-refractivity contribution in [2.24, 2.45) is 5.92 Å². The summed E-state index contributed by atoms with van der Waals surface area (Å²) in [7, 11) is 0. The standard InChI is InChI=1S/C25H29ClN2O3.C6H8O7/c26-23-8-4-2-5-18(23)13-20(24(30)28-15-21(29)16-28)14-27-11-9-25(10-12-27)22-7-3-1-6-19(22)17-31-25;7-3(8)1-6(13,5(11)12)2-4(9)10/h1-8,20-21,29H,9-17H2;13H,1-2H2,(H,7,8)(H,9,10)(H,11,12). The summed E-state index contributed by atoms with van der Waals surface area (Å²) in [5, 5.41) is 44.2. The van der Waals surface area contributed by atoms with Gasteiger partial charge in [0.2, 0.25) is 5.91 Å². The number of hydrogen-bond donors (Lipinski definition) is 5. The lowest BCUT2D eigenvalue weighted by atomic mass is 9.83. The number of carbonyl (C=O) groups excluding carboxylic acids is 1. The highest BCUT2D eigenvalue weighted by molar-refractivity contribution is 6.31. The fourth-order valence-electron chi connectivity index (χ4n) is 5.97. The van der Waals surface area contributed by atoms with Gasteiger partial charge in [-0.1, -0.05) is 54.1 Å². The third-order valence-corrected chi connectivity index (χ3v) is 8.76. The van der Waals surface area contributed by atoms with E-state index in [1.807, 2.05) is 24.3 Å². The van der Waals surface area contributed by atoms with E-state index < -0.39 is 36.4 Å². The van der Waals surface area contributed by atoms with Crippen LogP contribution < -0.4 is 0 Å². The zero-order chi connectivity index (χ0) is 32.1. The summed E-state index contributed by atoms with van der Waals surface area (Å²) in [4.78, 5) is 47.8. The lowest BCUT2D eigenvalue weighted by molar-refractivity contribution is -0.170. The highest BCUT2D eigenvalue weighted by Gasteiger charge is 2.43. The molecule has 0 saturated carbocycles. The van der Waals surface area contributed by atoms with Crippen molar-refractivity contribution in [1.82, 2.24) is 9.80 Å². The number of amides is 1. The van der Waals surface area contributed by atoms with Crippen molar-refractivity contribution in [3.8, 4) is 0 Å². The Morgan fingerprint density at radius 1 is 0.955 bits per heavy atom. The monoisotopic (exact) mass is 632 g/mol. The number of ether oxygens (including phenoxy) is 1. The zero-order valence-corrected chi connectivity index (χ0v) is 24.9. The largest absolute Gasteiger partial charge is 0.481 e. The van der Waals surface area contributed by atoms with Gasteiger partial charge in [-0.2, -0.15) is 0 Å². The molecule has 2 aromatic rings. The number of carbonyl (C=O) groups is 4. The Labute approximate surface area is 259 Å². The molecule has 2 aromatic carbocycles. The number of rotatable bonds is 10. The topological polar surface area (TPSA) is 185 Å². The number of carboxylic acids is 3. The van der Waals surface area contributed by atoms with E-state index in [1.165, 1.54) is 11.1 Å². The molecule has 0 aromatic heterocycles. The van der Waals surface area contributed by atoms with Gasteiger partial charge in [0.15, 0.2) is 5.60 Å². The molecule has 5 rings (SSSR count). The second-order valence-electron chi connectivity index (χ2n) is 11.6. The van der Waals surface area contributed by atoms with Crippen molar-refractivity contribution in [3.05, 3.63) is 70.2 Å². The zero-order valence-electron chi connectivity index (χ0n) is 24.1. The number of hydrogen-bond acceptors (Lipinski definition) is 8. The Morgan fingerprint density at radius 3 is 2.11 bits per heavy atom. The van der Waals surface area contributed by atoms with Gasteiger partial charge in [-0.15, -0.1) is 0 Å². The first-order valence-electron chi connectivity index (χ1n) is 14.4. The van der Waals surface area contributed by atoms with Crippen molar-refractivity contribution < 1.29 is 49.4 Å². The van der Waals surface area contributed by atoms with Gasteiger partial charge >= 0.3 is 17.9 Å². The highest BCUT2D eigenvalue weighted by atomic mass is 35.5. The maximum atomic E-state index is 13.2. The van der Waals surface area contributed by atoms with Gasteiger partial charge in [0.25, 0.3) is 0 Å². The average Bonchev–Trinajstić information content (AvgIpc) is 3.30. The number of aliphatic hydroxyl groups is 2. The van der Waals surface area contributed by atoms with Gasteiger partial charge in [-0.25, -0.2) is 4.79 Å². The second kappa shape index (κ2) is 14.0. The normalized spacial score (nSPS) is 18.5. The first-order valence-corrected chi connectivity index (χ1v) is 14.7. The van der Waals surface area contributed by atoms with Crippen molar-refractivity contribution in [1.29, 1.82) is 0 Å². The Morgan fingerprint density at radius 2 is 1.55 bits per heavy atom. The summed E-state index contributed by atoms with van der Waals surface area (Å²) in [5.74, 6) is -5.07. The van der Waals surface area contributed by atoms with E-state index in [0.29, 0.717) is 37.7 Å². The smallest absolute Gasteiger partial charge is 0.336 e. The van der Waals surface area contributed by atoms with Crippen LogP contribution in [0.1, 0.15) is 42.4 Å². The Bertz CT molecular complexity index is 1350. The van der Waals surface area contributed by atoms with E-state index in [4.69, 9.17) is 36.8 Å². The number of halogens is 1. The molecule has 3 aliphatic rings. The van der Waals surface area contributed by atoms with Crippen molar-refractivity contribution in [2.45, 2.75) is 56.0 Å². The van der Waals surface area contributed by atoms with Crippen LogP contribution in [0.2, 0.25) is 5.02 Å². The fraction of sp³-hybridized carbons (Fsp3) is 0.484. The van der Waals surface area contributed by atoms with Gasteiger partial charge in [0, 0.05) is 37.7 Å².